The van der Waals surface area contributed by atoms with Gasteiger partial charge >= 0.3 is 12.3 Å². The number of alkyl carbamates (subject to hydrolysis) is 1. The third-order valence-electron chi connectivity index (χ3n) is 5.72. The van der Waals surface area contributed by atoms with Gasteiger partial charge in [-0.15, -0.1) is 0 Å². The Kier molecular flexibility index (Phi) is 12.7. The van der Waals surface area contributed by atoms with Crippen LogP contribution in [0.25, 0.3) is 0 Å². The van der Waals surface area contributed by atoms with Crippen LogP contribution in [0.5, 0.6) is 0 Å². The Balaban J connectivity index is 3.08. The fourth-order valence-electron chi connectivity index (χ4n) is 3.78. The highest BCUT2D eigenvalue weighted by atomic mass is 19.4. The van der Waals surface area contributed by atoms with E-state index in [1.54, 1.807) is 51.1 Å². The lowest BCUT2D eigenvalue weighted by atomic mass is 9.80. The van der Waals surface area contributed by atoms with Gasteiger partial charge in [0.25, 0.3) is 11.5 Å². The number of benzene rings is 1. The summed E-state index contributed by atoms with van der Waals surface area (Å²) in [4.78, 5) is 49.4. The molecule has 0 bridgehead atoms. The SMILES string of the molecule is CNC(=O)[C@H](CCCNC(=O)OC(C)(C)C)NC(=O)[C@H](CCCc1ccccc1)[C@@](O)(C(=O)NO)C(F)(F)F. The van der Waals surface area contributed by atoms with Gasteiger partial charge in [-0.3, -0.25) is 19.6 Å². The maximum absolute atomic E-state index is 14.0. The number of nitrogens with one attached hydrogen (secondary N) is 4. The molecule has 0 saturated heterocycles. The normalized spacial score (nSPS) is 14.8. The summed E-state index contributed by atoms with van der Waals surface area (Å²) in [5.74, 6) is -6.79. The van der Waals surface area contributed by atoms with Crippen molar-refractivity contribution in [3.63, 3.8) is 0 Å². The fourth-order valence-corrected chi connectivity index (χ4v) is 3.78. The average Bonchev–Trinajstić information content (AvgIpc) is 2.85. The molecule has 14 heteroatoms. The summed E-state index contributed by atoms with van der Waals surface area (Å²) in [5, 5.41) is 26.4. The summed E-state index contributed by atoms with van der Waals surface area (Å²) in [6.45, 7) is 5.02. The third kappa shape index (κ3) is 10.4. The average molecular weight is 563 g/mol. The number of hydrogen-bond acceptors (Lipinski definition) is 7. The third-order valence-corrected chi connectivity index (χ3v) is 5.72. The largest absolute Gasteiger partial charge is 0.444 e. The molecule has 0 radical (unpaired) electrons. The first kappa shape index (κ1) is 33.6. The van der Waals surface area contributed by atoms with Crippen LogP contribution in [0, 0.1) is 5.92 Å². The minimum Gasteiger partial charge on any atom is -0.444 e. The molecule has 0 aliphatic rings. The smallest absolute Gasteiger partial charge is 0.427 e. The summed E-state index contributed by atoms with van der Waals surface area (Å²) in [6, 6.07) is 7.27. The molecule has 11 nitrogen and oxygen atoms in total. The quantitative estimate of drug-likeness (QED) is 0.121. The second-order valence-electron chi connectivity index (χ2n) is 9.88. The number of aliphatic hydroxyl groups is 1. The van der Waals surface area contributed by atoms with Gasteiger partial charge in [-0.1, -0.05) is 30.3 Å². The molecule has 1 aromatic carbocycles. The van der Waals surface area contributed by atoms with Crippen LogP contribution in [0.4, 0.5) is 18.0 Å². The number of likely N-dealkylation sites (N-methyl/N-ethyl adjacent to an activating group) is 1. The molecule has 0 spiro atoms. The van der Waals surface area contributed by atoms with E-state index in [1.165, 1.54) is 7.05 Å². The summed E-state index contributed by atoms with van der Waals surface area (Å²) in [6.07, 6.45) is -6.75. The van der Waals surface area contributed by atoms with Crippen LogP contribution in [0.3, 0.4) is 0 Å². The van der Waals surface area contributed by atoms with E-state index < -0.39 is 59.6 Å². The highest BCUT2D eigenvalue weighted by Crippen LogP contribution is 2.39. The predicted molar refractivity (Wildman–Crippen MR) is 133 cm³/mol. The van der Waals surface area contributed by atoms with Crippen molar-refractivity contribution < 1.29 is 47.4 Å². The van der Waals surface area contributed by atoms with E-state index in [9.17, 15) is 37.5 Å². The van der Waals surface area contributed by atoms with Crippen LogP contribution >= 0.6 is 0 Å². The highest BCUT2D eigenvalue weighted by Gasteiger charge is 2.66. The molecule has 39 heavy (non-hydrogen) atoms. The van der Waals surface area contributed by atoms with Gasteiger partial charge in [0.05, 0.1) is 5.92 Å². The topological polar surface area (TPSA) is 166 Å². The second-order valence-corrected chi connectivity index (χ2v) is 9.88. The molecule has 0 aromatic heterocycles. The first-order chi connectivity index (χ1) is 18.1. The van der Waals surface area contributed by atoms with Crippen molar-refractivity contribution in [3.8, 4) is 0 Å². The zero-order chi connectivity index (χ0) is 29.9. The molecular weight excluding hydrogens is 525 g/mol. The maximum atomic E-state index is 14.0. The van der Waals surface area contributed by atoms with Crippen molar-refractivity contribution in [2.24, 2.45) is 5.92 Å². The van der Waals surface area contributed by atoms with Crippen molar-refractivity contribution >= 4 is 23.8 Å². The van der Waals surface area contributed by atoms with Gasteiger partial charge in [-0.2, -0.15) is 13.2 Å². The maximum Gasteiger partial charge on any atom is 0.427 e. The summed E-state index contributed by atoms with van der Waals surface area (Å²) in [5.41, 5.74) is -3.48. The molecule has 3 atom stereocenters. The Morgan fingerprint density at radius 1 is 0.974 bits per heavy atom. The molecule has 220 valence electrons. The highest BCUT2D eigenvalue weighted by molar-refractivity contribution is 5.95. The number of carbonyl (C=O) groups excluding carboxylic acids is 4. The number of rotatable bonds is 13. The molecule has 6 N–H and O–H groups in total. The van der Waals surface area contributed by atoms with Gasteiger partial charge in [-0.25, -0.2) is 10.3 Å². The summed E-state index contributed by atoms with van der Waals surface area (Å²) in [7, 11) is 1.25. The van der Waals surface area contributed by atoms with E-state index in [0.717, 1.165) is 11.0 Å². The van der Waals surface area contributed by atoms with Crippen molar-refractivity contribution in [1.29, 1.82) is 0 Å². The number of hydroxylamine groups is 1. The molecule has 0 aliphatic carbocycles. The lowest BCUT2D eigenvalue weighted by Gasteiger charge is -2.35. The van der Waals surface area contributed by atoms with E-state index in [-0.39, 0.29) is 32.2 Å². The first-order valence-corrected chi connectivity index (χ1v) is 12.3. The van der Waals surface area contributed by atoms with E-state index >= 15 is 0 Å². The van der Waals surface area contributed by atoms with E-state index in [2.05, 4.69) is 16.0 Å². The van der Waals surface area contributed by atoms with Gasteiger partial charge in [0.15, 0.2) is 0 Å². The Bertz CT molecular complexity index is 971. The molecule has 0 fully saturated rings. The summed E-state index contributed by atoms with van der Waals surface area (Å²) < 4.78 is 47.0. The van der Waals surface area contributed by atoms with Gasteiger partial charge in [-0.05, 0) is 58.4 Å². The minimum absolute atomic E-state index is 0.0260. The first-order valence-electron chi connectivity index (χ1n) is 12.3. The van der Waals surface area contributed by atoms with Crippen molar-refractivity contribution in [3.05, 3.63) is 35.9 Å². The second kappa shape index (κ2) is 14.7. The molecule has 0 heterocycles. The predicted octanol–water partition coefficient (Wildman–Crippen LogP) is 1.96. The van der Waals surface area contributed by atoms with Crippen LogP contribution in [0.2, 0.25) is 0 Å². The van der Waals surface area contributed by atoms with E-state index in [4.69, 9.17) is 9.94 Å². The van der Waals surface area contributed by atoms with Crippen molar-refractivity contribution in [1.82, 2.24) is 21.4 Å². The van der Waals surface area contributed by atoms with Crippen LogP contribution in [0.15, 0.2) is 30.3 Å². The zero-order valence-electron chi connectivity index (χ0n) is 22.4. The Labute approximate surface area is 224 Å². The van der Waals surface area contributed by atoms with Gasteiger partial charge in [0.1, 0.15) is 11.6 Å². The molecule has 1 aromatic rings. The Morgan fingerprint density at radius 2 is 1.59 bits per heavy atom. The lowest BCUT2D eigenvalue weighted by molar-refractivity contribution is -0.269. The number of ether oxygens (including phenoxy) is 1. The standard InChI is InChI=1S/C25H37F3N4O7/c1-23(2,3)39-22(36)30-15-9-14-18(20(34)29-4)31-19(33)17(13-8-12-16-10-6-5-7-11-16)24(37,21(35)32-38)25(26,27)28/h5-7,10-11,17-18,37-38H,8-9,12-15H2,1-4H3,(H,29,34)(H,30,36)(H,31,33)(H,32,35)/t17-,18-,24+/m0/s1. The summed E-state index contributed by atoms with van der Waals surface area (Å²) >= 11 is 0. The number of hydrogen-bond donors (Lipinski definition) is 6. The molecule has 4 amide bonds. The minimum atomic E-state index is -5.64. The Hall–Kier alpha value is -3.39. The fraction of sp³-hybridized carbons (Fsp3) is 0.600. The number of aryl methyl sites for hydroxylation is 1. The van der Waals surface area contributed by atoms with E-state index in [1.807, 2.05) is 0 Å². The lowest BCUT2D eigenvalue weighted by Crippen LogP contribution is -2.65. The molecule has 1 rings (SSSR count). The van der Waals surface area contributed by atoms with Gasteiger partial charge in [0.2, 0.25) is 11.8 Å². The van der Waals surface area contributed by atoms with Crippen LogP contribution < -0.4 is 21.4 Å². The molecule has 0 aliphatic heterocycles. The molecular formula is C25H37F3N4O7. The van der Waals surface area contributed by atoms with Gasteiger partial charge in [0, 0.05) is 13.6 Å². The molecule has 0 saturated carbocycles. The van der Waals surface area contributed by atoms with Crippen LogP contribution in [0.1, 0.15) is 52.0 Å². The van der Waals surface area contributed by atoms with Crippen LogP contribution in [-0.2, 0) is 25.5 Å². The van der Waals surface area contributed by atoms with Crippen molar-refractivity contribution in [2.45, 2.75) is 76.3 Å². The van der Waals surface area contributed by atoms with Crippen LogP contribution in [-0.4, -0.2) is 71.1 Å². The Morgan fingerprint density at radius 3 is 2.10 bits per heavy atom. The number of halogens is 3. The molecule has 0 unspecified atom stereocenters. The monoisotopic (exact) mass is 562 g/mol. The number of carbonyl (C=O) groups is 4. The zero-order valence-corrected chi connectivity index (χ0v) is 22.4. The van der Waals surface area contributed by atoms with E-state index in [0.29, 0.717) is 0 Å². The number of amides is 4. The van der Waals surface area contributed by atoms with Gasteiger partial charge < -0.3 is 25.8 Å². The van der Waals surface area contributed by atoms with Crippen molar-refractivity contribution in [2.75, 3.05) is 13.6 Å². The number of alkyl halides is 3.